The molecule has 0 amide bonds. The number of anilines is 1. The molecule has 15 heavy (non-hydrogen) atoms. The van der Waals surface area contributed by atoms with Crippen LogP contribution in [0.4, 0.5) is 5.82 Å². The summed E-state index contributed by atoms with van der Waals surface area (Å²) in [4.78, 5) is 7.81. The lowest BCUT2D eigenvalue weighted by Gasteiger charge is -2.10. The van der Waals surface area contributed by atoms with Crippen molar-refractivity contribution < 1.29 is 9.84 Å². The number of ether oxygens (including phenoxy) is 1. The van der Waals surface area contributed by atoms with Crippen LogP contribution in [0.25, 0.3) is 0 Å². The molecule has 1 unspecified atom stereocenters. The van der Waals surface area contributed by atoms with Gasteiger partial charge in [0.05, 0.1) is 18.8 Å². The van der Waals surface area contributed by atoms with E-state index in [-0.39, 0.29) is 0 Å². The van der Waals surface area contributed by atoms with E-state index in [1.807, 2.05) is 0 Å². The number of aliphatic hydroxyl groups excluding tert-OH is 1. The number of nitrogen functional groups attached to an aromatic ring is 1. The monoisotopic (exact) mass is 212 g/mol. The van der Waals surface area contributed by atoms with Crippen molar-refractivity contribution >= 4 is 5.82 Å². The van der Waals surface area contributed by atoms with Crippen molar-refractivity contribution in [2.24, 2.45) is 0 Å². The molecule has 1 rings (SSSR count). The lowest BCUT2D eigenvalue weighted by molar-refractivity contribution is 0.190. The molecule has 6 heteroatoms. The average Bonchev–Trinajstić information content (AvgIpc) is 2.20. The fourth-order valence-corrected chi connectivity index (χ4v) is 1.16. The Kier molecular flexibility index (Phi) is 4.26. The third-order valence-corrected chi connectivity index (χ3v) is 1.87. The van der Waals surface area contributed by atoms with Crippen LogP contribution in [0.2, 0.25) is 0 Å². The molecular weight excluding hydrogens is 196 g/mol. The van der Waals surface area contributed by atoms with Gasteiger partial charge in [-0.25, -0.2) is 9.97 Å². The SMILES string of the molecule is COc1ncnc(N)c1CNCC(C)O. The van der Waals surface area contributed by atoms with E-state index in [4.69, 9.17) is 15.6 Å². The lowest BCUT2D eigenvalue weighted by Crippen LogP contribution is -2.24. The molecule has 0 aliphatic heterocycles. The summed E-state index contributed by atoms with van der Waals surface area (Å²) in [5.74, 6) is 0.848. The Morgan fingerprint density at radius 2 is 2.33 bits per heavy atom. The molecule has 4 N–H and O–H groups in total. The molecule has 0 aliphatic rings. The molecule has 0 fully saturated rings. The second-order valence-electron chi connectivity index (χ2n) is 3.23. The molecule has 0 saturated heterocycles. The Balaban J connectivity index is 2.66. The summed E-state index contributed by atoms with van der Waals surface area (Å²) in [6.07, 6.45) is 0.952. The Bertz CT molecular complexity index is 317. The van der Waals surface area contributed by atoms with Gasteiger partial charge in [-0.3, -0.25) is 0 Å². The minimum absolute atomic E-state index is 0.389. The Morgan fingerprint density at radius 1 is 1.60 bits per heavy atom. The van der Waals surface area contributed by atoms with Gasteiger partial charge in [-0.05, 0) is 6.92 Å². The van der Waals surface area contributed by atoms with E-state index in [0.717, 1.165) is 0 Å². The van der Waals surface area contributed by atoms with Crippen molar-refractivity contribution in [1.82, 2.24) is 15.3 Å². The fourth-order valence-electron chi connectivity index (χ4n) is 1.16. The van der Waals surface area contributed by atoms with Crippen molar-refractivity contribution in [1.29, 1.82) is 0 Å². The molecule has 0 bridgehead atoms. The van der Waals surface area contributed by atoms with Crippen molar-refractivity contribution in [2.45, 2.75) is 19.6 Å². The smallest absolute Gasteiger partial charge is 0.222 e. The Morgan fingerprint density at radius 3 is 2.93 bits per heavy atom. The Hall–Kier alpha value is -1.40. The maximum atomic E-state index is 9.07. The van der Waals surface area contributed by atoms with Crippen LogP contribution in [0, 0.1) is 0 Å². The summed E-state index contributed by atoms with van der Waals surface area (Å²) in [7, 11) is 1.53. The summed E-state index contributed by atoms with van der Waals surface area (Å²) < 4.78 is 5.05. The highest BCUT2D eigenvalue weighted by Crippen LogP contribution is 2.18. The minimum atomic E-state index is -0.401. The van der Waals surface area contributed by atoms with E-state index in [2.05, 4.69) is 15.3 Å². The first-order valence-corrected chi connectivity index (χ1v) is 4.67. The van der Waals surface area contributed by atoms with Crippen LogP contribution < -0.4 is 15.8 Å². The van der Waals surface area contributed by atoms with E-state index >= 15 is 0 Å². The van der Waals surface area contributed by atoms with E-state index < -0.39 is 6.10 Å². The van der Waals surface area contributed by atoms with Crippen molar-refractivity contribution in [3.05, 3.63) is 11.9 Å². The first kappa shape index (κ1) is 11.7. The topological polar surface area (TPSA) is 93.3 Å². The zero-order chi connectivity index (χ0) is 11.3. The number of nitrogens with two attached hydrogens (primary N) is 1. The van der Waals surface area contributed by atoms with Gasteiger partial charge in [0.15, 0.2) is 0 Å². The first-order valence-electron chi connectivity index (χ1n) is 4.67. The highest BCUT2D eigenvalue weighted by Gasteiger charge is 2.09. The summed E-state index contributed by atoms with van der Waals surface area (Å²) in [6.45, 7) is 2.66. The fraction of sp³-hybridized carbons (Fsp3) is 0.556. The van der Waals surface area contributed by atoms with Gasteiger partial charge in [-0.1, -0.05) is 0 Å². The molecule has 1 aromatic rings. The molecule has 1 aromatic heterocycles. The number of nitrogens with zero attached hydrogens (tertiary/aromatic N) is 2. The van der Waals surface area contributed by atoms with E-state index in [1.54, 1.807) is 6.92 Å². The standard InChI is InChI=1S/C9H16N4O2/c1-6(14)3-11-4-7-8(10)12-5-13-9(7)15-2/h5-6,11,14H,3-4H2,1-2H3,(H2,10,12,13). The summed E-state index contributed by atoms with van der Waals surface area (Å²) in [5.41, 5.74) is 6.39. The van der Waals surface area contributed by atoms with Gasteiger partial charge >= 0.3 is 0 Å². The highest BCUT2D eigenvalue weighted by atomic mass is 16.5. The molecule has 84 valence electrons. The van der Waals surface area contributed by atoms with Gasteiger partial charge in [0, 0.05) is 13.1 Å². The third-order valence-electron chi connectivity index (χ3n) is 1.87. The van der Waals surface area contributed by atoms with Gasteiger partial charge in [0.25, 0.3) is 0 Å². The molecule has 1 heterocycles. The van der Waals surface area contributed by atoms with Crippen LogP contribution in [0.1, 0.15) is 12.5 Å². The number of nitrogens with one attached hydrogen (secondary N) is 1. The molecule has 0 radical (unpaired) electrons. The number of hydrogen-bond donors (Lipinski definition) is 3. The van der Waals surface area contributed by atoms with Crippen LogP contribution in [0.5, 0.6) is 5.88 Å². The third kappa shape index (κ3) is 3.34. The van der Waals surface area contributed by atoms with Crippen LogP contribution in [-0.4, -0.2) is 34.8 Å². The van der Waals surface area contributed by atoms with E-state index in [9.17, 15) is 0 Å². The normalized spacial score (nSPS) is 12.5. The molecule has 0 aliphatic carbocycles. The number of methoxy groups -OCH3 is 1. The van der Waals surface area contributed by atoms with Gasteiger partial charge in [0.2, 0.25) is 5.88 Å². The largest absolute Gasteiger partial charge is 0.481 e. The minimum Gasteiger partial charge on any atom is -0.481 e. The molecule has 0 aromatic carbocycles. The van der Waals surface area contributed by atoms with E-state index in [0.29, 0.717) is 30.4 Å². The summed E-state index contributed by atoms with van der Waals surface area (Å²) in [6, 6.07) is 0. The van der Waals surface area contributed by atoms with Crippen molar-refractivity contribution in [3.8, 4) is 5.88 Å². The van der Waals surface area contributed by atoms with Crippen LogP contribution >= 0.6 is 0 Å². The van der Waals surface area contributed by atoms with Crippen LogP contribution in [0.15, 0.2) is 6.33 Å². The van der Waals surface area contributed by atoms with Crippen molar-refractivity contribution in [2.75, 3.05) is 19.4 Å². The number of hydrogen-bond acceptors (Lipinski definition) is 6. The summed E-state index contributed by atoms with van der Waals surface area (Å²) >= 11 is 0. The van der Waals surface area contributed by atoms with Crippen molar-refractivity contribution in [3.63, 3.8) is 0 Å². The van der Waals surface area contributed by atoms with Gasteiger partial charge < -0.3 is 20.9 Å². The maximum absolute atomic E-state index is 9.07. The second-order valence-corrected chi connectivity index (χ2v) is 3.23. The quantitative estimate of drug-likeness (QED) is 0.611. The van der Waals surface area contributed by atoms with Crippen LogP contribution in [-0.2, 0) is 6.54 Å². The maximum Gasteiger partial charge on any atom is 0.222 e. The van der Waals surface area contributed by atoms with Gasteiger partial charge in [0.1, 0.15) is 12.1 Å². The molecule has 6 nitrogen and oxygen atoms in total. The first-order chi connectivity index (χ1) is 7.15. The number of rotatable bonds is 5. The van der Waals surface area contributed by atoms with Gasteiger partial charge in [-0.2, -0.15) is 0 Å². The molecule has 0 spiro atoms. The van der Waals surface area contributed by atoms with E-state index in [1.165, 1.54) is 13.4 Å². The highest BCUT2D eigenvalue weighted by molar-refractivity contribution is 5.44. The number of aliphatic hydroxyl groups is 1. The number of aromatic nitrogens is 2. The lowest BCUT2D eigenvalue weighted by atomic mass is 10.3. The molecule has 0 saturated carbocycles. The molecular formula is C9H16N4O2. The van der Waals surface area contributed by atoms with Crippen LogP contribution in [0.3, 0.4) is 0 Å². The Labute approximate surface area is 88.5 Å². The average molecular weight is 212 g/mol. The van der Waals surface area contributed by atoms with Gasteiger partial charge in [-0.15, -0.1) is 0 Å². The predicted octanol–water partition coefficient (Wildman–Crippen LogP) is -0.462. The zero-order valence-electron chi connectivity index (χ0n) is 8.90. The zero-order valence-corrected chi connectivity index (χ0v) is 8.90. The summed E-state index contributed by atoms with van der Waals surface area (Å²) in [5, 5.41) is 12.1. The predicted molar refractivity (Wildman–Crippen MR) is 56.4 cm³/mol. The molecule has 1 atom stereocenters. The second kappa shape index (κ2) is 5.47.